The molecule has 0 atom stereocenters. The number of hydrogen-bond donors (Lipinski definition) is 2. The van der Waals surface area contributed by atoms with Crippen LogP contribution in [-0.2, 0) is 13.0 Å². The third kappa shape index (κ3) is 5.96. The van der Waals surface area contributed by atoms with Gasteiger partial charge in [-0.25, -0.2) is 9.67 Å². The molecule has 1 saturated carbocycles. The monoisotopic (exact) mass is 496 g/mol. The fraction of sp³-hybridized carbons (Fsp3) is 0.419. The summed E-state index contributed by atoms with van der Waals surface area (Å²) in [6, 6.07) is 21.5. The Morgan fingerprint density at radius 2 is 1.73 bits per heavy atom. The van der Waals surface area contributed by atoms with Crippen LogP contribution < -0.4 is 15.5 Å². The van der Waals surface area contributed by atoms with Gasteiger partial charge in [0, 0.05) is 55.1 Å². The van der Waals surface area contributed by atoms with Crippen molar-refractivity contribution in [1.82, 2.24) is 20.1 Å². The number of benzene rings is 2. The molecule has 2 heterocycles. The van der Waals surface area contributed by atoms with Gasteiger partial charge >= 0.3 is 0 Å². The number of fused-ring (bicyclic) bond motifs is 1. The van der Waals surface area contributed by atoms with Crippen molar-refractivity contribution >= 4 is 22.4 Å². The van der Waals surface area contributed by atoms with Crippen LogP contribution in [0.15, 0.2) is 66.9 Å². The van der Waals surface area contributed by atoms with Crippen LogP contribution in [0.4, 0.5) is 11.5 Å². The molecule has 1 aliphatic rings. The van der Waals surface area contributed by atoms with E-state index >= 15 is 0 Å². The molecule has 4 aromatic rings. The number of pyridine rings is 1. The van der Waals surface area contributed by atoms with Crippen molar-refractivity contribution in [3.8, 4) is 5.69 Å². The minimum Gasteiger partial charge on any atom is -0.377 e. The lowest BCUT2D eigenvalue weighted by Gasteiger charge is -2.30. The predicted octanol–water partition coefficient (Wildman–Crippen LogP) is 6.20. The lowest BCUT2D eigenvalue weighted by molar-refractivity contribution is 0.324. The molecule has 1 fully saturated rings. The SMILES string of the molecule is CCCc1c(CNC[C@H]2CC[C@@H](Nc3cc(N(C)C)c4ccccc4n3)CC2)cnn1-c1ccccc1. The maximum Gasteiger partial charge on any atom is 0.128 e. The molecule has 2 N–H and O–H groups in total. The Balaban J connectivity index is 1.14. The summed E-state index contributed by atoms with van der Waals surface area (Å²) in [5.74, 6) is 1.71. The Morgan fingerprint density at radius 3 is 2.49 bits per heavy atom. The molecule has 2 aromatic carbocycles. The predicted molar refractivity (Wildman–Crippen MR) is 155 cm³/mol. The van der Waals surface area contributed by atoms with Gasteiger partial charge in [0.15, 0.2) is 0 Å². The minimum atomic E-state index is 0.486. The molecule has 0 amide bonds. The van der Waals surface area contributed by atoms with Crippen molar-refractivity contribution in [2.24, 2.45) is 5.92 Å². The van der Waals surface area contributed by atoms with E-state index in [1.54, 1.807) is 0 Å². The maximum absolute atomic E-state index is 4.90. The average Bonchev–Trinajstić information content (AvgIpc) is 3.32. The molecule has 1 aliphatic carbocycles. The zero-order chi connectivity index (χ0) is 25.6. The van der Waals surface area contributed by atoms with Gasteiger partial charge in [-0.15, -0.1) is 0 Å². The van der Waals surface area contributed by atoms with E-state index in [0.717, 1.165) is 48.9 Å². The fourth-order valence-electron chi connectivity index (χ4n) is 5.58. The molecule has 0 spiro atoms. The van der Waals surface area contributed by atoms with Crippen molar-refractivity contribution < 1.29 is 0 Å². The highest BCUT2D eigenvalue weighted by atomic mass is 15.3. The highest BCUT2D eigenvalue weighted by Crippen LogP contribution is 2.30. The number of hydrogen-bond acceptors (Lipinski definition) is 5. The van der Waals surface area contributed by atoms with Crippen LogP contribution in [0.3, 0.4) is 0 Å². The van der Waals surface area contributed by atoms with Gasteiger partial charge in [0.25, 0.3) is 0 Å². The molecule has 194 valence electrons. The number of para-hydroxylation sites is 2. The van der Waals surface area contributed by atoms with Crippen LogP contribution in [0.5, 0.6) is 0 Å². The number of nitrogens with zero attached hydrogens (tertiary/aromatic N) is 4. The lowest BCUT2D eigenvalue weighted by Crippen LogP contribution is -2.31. The molecule has 0 unspecified atom stereocenters. The summed E-state index contributed by atoms with van der Waals surface area (Å²) in [5, 5.41) is 13.4. The van der Waals surface area contributed by atoms with E-state index in [1.807, 2.05) is 6.20 Å². The fourth-order valence-corrected chi connectivity index (χ4v) is 5.58. The normalized spacial score (nSPS) is 17.7. The van der Waals surface area contributed by atoms with Gasteiger partial charge in [-0.05, 0) is 62.8 Å². The van der Waals surface area contributed by atoms with E-state index in [1.165, 1.54) is 48.0 Å². The number of rotatable bonds is 10. The van der Waals surface area contributed by atoms with E-state index in [0.29, 0.717) is 6.04 Å². The van der Waals surface area contributed by atoms with E-state index in [4.69, 9.17) is 10.1 Å². The molecule has 0 bridgehead atoms. The van der Waals surface area contributed by atoms with Crippen LogP contribution in [0, 0.1) is 5.92 Å². The van der Waals surface area contributed by atoms with Gasteiger partial charge in [-0.1, -0.05) is 49.7 Å². The van der Waals surface area contributed by atoms with E-state index in [2.05, 4.69) is 102 Å². The van der Waals surface area contributed by atoms with Crippen molar-refractivity contribution in [1.29, 1.82) is 0 Å². The molecular weight excluding hydrogens is 456 g/mol. The molecule has 0 aliphatic heterocycles. The first-order valence-electron chi connectivity index (χ1n) is 13.8. The molecule has 37 heavy (non-hydrogen) atoms. The van der Waals surface area contributed by atoms with Crippen LogP contribution >= 0.6 is 0 Å². The van der Waals surface area contributed by atoms with Gasteiger partial charge in [0.2, 0.25) is 0 Å². The number of anilines is 2. The van der Waals surface area contributed by atoms with Crippen LogP contribution in [0.1, 0.15) is 50.3 Å². The van der Waals surface area contributed by atoms with Crippen LogP contribution in [0.2, 0.25) is 0 Å². The summed E-state index contributed by atoms with van der Waals surface area (Å²) >= 11 is 0. The largest absolute Gasteiger partial charge is 0.377 e. The number of nitrogens with one attached hydrogen (secondary N) is 2. The highest BCUT2D eigenvalue weighted by Gasteiger charge is 2.22. The van der Waals surface area contributed by atoms with Gasteiger partial charge in [0.1, 0.15) is 5.82 Å². The average molecular weight is 497 g/mol. The summed E-state index contributed by atoms with van der Waals surface area (Å²) < 4.78 is 2.11. The molecule has 0 saturated heterocycles. The molecule has 0 radical (unpaired) electrons. The third-order valence-electron chi connectivity index (χ3n) is 7.57. The number of aromatic nitrogens is 3. The van der Waals surface area contributed by atoms with Crippen LogP contribution in [-0.4, -0.2) is 41.4 Å². The smallest absolute Gasteiger partial charge is 0.128 e. The Morgan fingerprint density at radius 1 is 0.973 bits per heavy atom. The highest BCUT2D eigenvalue weighted by molar-refractivity contribution is 5.93. The molecular formula is C31H40N6. The van der Waals surface area contributed by atoms with E-state index in [9.17, 15) is 0 Å². The summed E-state index contributed by atoms with van der Waals surface area (Å²) in [6.07, 6.45) is 9.06. The first-order chi connectivity index (χ1) is 18.1. The van der Waals surface area contributed by atoms with E-state index < -0.39 is 0 Å². The van der Waals surface area contributed by atoms with Crippen molar-refractivity contribution in [3.63, 3.8) is 0 Å². The Bertz CT molecular complexity index is 1290. The van der Waals surface area contributed by atoms with Crippen molar-refractivity contribution in [3.05, 3.63) is 78.1 Å². The molecule has 6 nitrogen and oxygen atoms in total. The minimum absolute atomic E-state index is 0.486. The lowest BCUT2D eigenvalue weighted by atomic mass is 9.86. The first-order valence-corrected chi connectivity index (χ1v) is 13.8. The third-order valence-corrected chi connectivity index (χ3v) is 7.57. The Kier molecular flexibility index (Phi) is 8.05. The standard InChI is InChI=1S/C31H40N6/c1-4-10-29-24(22-33-37(29)26-11-6-5-7-12-26)21-32-20-23-15-17-25(18-16-23)34-31-19-30(36(2)3)27-13-8-9-14-28(27)35-31/h5-9,11-14,19,22-23,25,32H,4,10,15-18,20-21H2,1-3H3,(H,34,35)/t23-,25+. The van der Waals surface area contributed by atoms with E-state index in [-0.39, 0.29) is 0 Å². The second kappa shape index (κ2) is 11.8. The molecule has 2 aromatic heterocycles. The first kappa shape index (κ1) is 25.3. The van der Waals surface area contributed by atoms with Gasteiger partial charge in [-0.3, -0.25) is 0 Å². The van der Waals surface area contributed by atoms with Gasteiger partial charge in [0.05, 0.1) is 17.4 Å². The zero-order valence-corrected chi connectivity index (χ0v) is 22.5. The summed E-state index contributed by atoms with van der Waals surface area (Å²) in [7, 11) is 4.20. The maximum atomic E-state index is 4.90. The second-order valence-corrected chi connectivity index (χ2v) is 10.5. The molecule has 6 heteroatoms. The quantitative estimate of drug-likeness (QED) is 0.274. The van der Waals surface area contributed by atoms with Gasteiger partial charge in [-0.2, -0.15) is 5.10 Å². The Hall–Kier alpha value is -3.38. The van der Waals surface area contributed by atoms with Crippen LogP contribution in [0.25, 0.3) is 16.6 Å². The molecule has 5 rings (SSSR count). The van der Waals surface area contributed by atoms with Gasteiger partial charge < -0.3 is 15.5 Å². The summed E-state index contributed by atoms with van der Waals surface area (Å²) in [4.78, 5) is 7.08. The van der Waals surface area contributed by atoms with Crippen molar-refractivity contribution in [2.75, 3.05) is 30.9 Å². The Labute approximate surface area is 221 Å². The summed E-state index contributed by atoms with van der Waals surface area (Å²) in [6.45, 7) is 4.18. The summed E-state index contributed by atoms with van der Waals surface area (Å²) in [5.41, 5.74) is 6.05. The zero-order valence-electron chi connectivity index (χ0n) is 22.5. The van der Waals surface area contributed by atoms with Crippen molar-refractivity contribution in [2.45, 2.75) is 58.0 Å². The topological polar surface area (TPSA) is 58.0 Å². The second-order valence-electron chi connectivity index (χ2n) is 10.5.